The molecule has 0 aromatic carbocycles. The van der Waals surface area contributed by atoms with E-state index in [0.29, 0.717) is 6.42 Å². The molecule has 0 fully saturated rings. The first-order chi connectivity index (χ1) is 7.26. The highest BCUT2D eigenvalue weighted by atomic mass is 16.5. The molecule has 0 aromatic rings. The van der Waals surface area contributed by atoms with E-state index in [-0.39, 0.29) is 11.7 Å². The minimum atomic E-state index is -0.468. The Balaban J connectivity index is 2.36. The van der Waals surface area contributed by atoms with Crippen LogP contribution >= 0.6 is 0 Å². The zero-order valence-corrected chi connectivity index (χ0v) is 8.47. The Morgan fingerprint density at radius 1 is 1.47 bits per heavy atom. The molecule has 2 aliphatic carbocycles. The number of allylic oxidation sites excluding steroid dienone is 4. The first-order valence-electron chi connectivity index (χ1n) is 4.87. The molecule has 78 valence electrons. The fourth-order valence-corrected chi connectivity index (χ4v) is 2.03. The van der Waals surface area contributed by atoms with Gasteiger partial charge in [-0.3, -0.25) is 9.59 Å². The first-order valence-corrected chi connectivity index (χ1v) is 4.87. The van der Waals surface area contributed by atoms with Gasteiger partial charge in [-0.1, -0.05) is 18.2 Å². The summed E-state index contributed by atoms with van der Waals surface area (Å²) in [4.78, 5) is 22.1. The van der Waals surface area contributed by atoms with Gasteiger partial charge in [-0.25, -0.2) is 0 Å². The van der Waals surface area contributed by atoms with E-state index in [1.54, 1.807) is 12.2 Å². The van der Waals surface area contributed by atoms with Crippen molar-refractivity contribution in [2.75, 3.05) is 7.11 Å². The minimum absolute atomic E-state index is 0.0250. The number of hydrogen-bond acceptors (Lipinski definition) is 3. The Bertz CT molecular complexity index is 388. The van der Waals surface area contributed by atoms with Crippen LogP contribution in [0.4, 0.5) is 0 Å². The van der Waals surface area contributed by atoms with Crippen LogP contribution in [0.25, 0.3) is 0 Å². The van der Waals surface area contributed by atoms with Gasteiger partial charge in [-0.2, -0.15) is 0 Å². The lowest BCUT2D eigenvalue weighted by atomic mass is 9.80. The topological polar surface area (TPSA) is 43.4 Å². The van der Waals surface area contributed by atoms with Crippen LogP contribution in [0.15, 0.2) is 35.5 Å². The van der Waals surface area contributed by atoms with Crippen LogP contribution in [-0.2, 0) is 14.3 Å². The molecule has 0 bridgehead atoms. The van der Waals surface area contributed by atoms with Crippen molar-refractivity contribution in [3.05, 3.63) is 35.5 Å². The van der Waals surface area contributed by atoms with E-state index in [9.17, 15) is 9.59 Å². The normalized spacial score (nSPS) is 29.3. The summed E-state index contributed by atoms with van der Waals surface area (Å²) in [5.74, 6) is 0.112. The molecule has 15 heavy (non-hydrogen) atoms. The molecule has 3 nitrogen and oxygen atoms in total. The van der Waals surface area contributed by atoms with Gasteiger partial charge in [-0.15, -0.1) is 0 Å². The minimum Gasteiger partial charge on any atom is -0.369 e. The van der Waals surface area contributed by atoms with Crippen LogP contribution in [-0.4, -0.2) is 25.3 Å². The van der Waals surface area contributed by atoms with Gasteiger partial charge in [0.1, 0.15) is 12.4 Å². The highest BCUT2D eigenvalue weighted by molar-refractivity contribution is 5.97. The van der Waals surface area contributed by atoms with E-state index < -0.39 is 6.10 Å². The third-order valence-electron chi connectivity index (χ3n) is 2.81. The maximum atomic E-state index is 11.5. The maximum Gasteiger partial charge on any atom is 0.188 e. The lowest BCUT2D eigenvalue weighted by Gasteiger charge is -2.28. The monoisotopic (exact) mass is 204 g/mol. The second kappa shape index (κ2) is 3.95. The fourth-order valence-electron chi connectivity index (χ4n) is 2.03. The molecule has 0 saturated carbocycles. The van der Waals surface area contributed by atoms with Crippen molar-refractivity contribution in [3.63, 3.8) is 0 Å². The zero-order chi connectivity index (χ0) is 10.8. The Kier molecular flexibility index (Phi) is 2.64. The second-order valence-corrected chi connectivity index (χ2v) is 3.71. The Morgan fingerprint density at radius 3 is 2.93 bits per heavy atom. The van der Waals surface area contributed by atoms with Crippen molar-refractivity contribution in [1.29, 1.82) is 0 Å². The lowest BCUT2D eigenvalue weighted by Crippen LogP contribution is -2.31. The smallest absolute Gasteiger partial charge is 0.188 e. The Labute approximate surface area is 88.1 Å². The van der Waals surface area contributed by atoms with Gasteiger partial charge in [0.15, 0.2) is 5.78 Å². The number of aldehydes is 1. The summed E-state index contributed by atoms with van der Waals surface area (Å²) in [6.07, 6.45) is 8.04. The summed E-state index contributed by atoms with van der Waals surface area (Å²) < 4.78 is 5.16. The summed E-state index contributed by atoms with van der Waals surface area (Å²) in [5, 5.41) is 0. The van der Waals surface area contributed by atoms with Gasteiger partial charge >= 0.3 is 0 Å². The van der Waals surface area contributed by atoms with Gasteiger partial charge in [0, 0.05) is 13.0 Å². The van der Waals surface area contributed by atoms with Crippen molar-refractivity contribution in [2.45, 2.75) is 12.5 Å². The molecule has 0 amide bonds. The number of carbonyl (C=O) groups excluding carboxylic acids is 2. The first kappa shape index (κ1) is 10.1. The number of ketones is 1. The van der Waals surface area contributed by atoms with Crippen LogP contribution in [0.3, 0.4) is 0 Å². The molecule has 0 N–H and O–H groups in total. The standard InChI is InChI=1S/C12H12O3/c1-15-12-10-4-2-8(7-13)6-9(10)3-5-11(12)14/h2-5,7,9,12H,6H2,1H3. The largest absolute Gasteiger partial charge is 0.369 e. The highest BCUT2D eigenvalue weighted by Gasteiger charge is 2.31. The van der Waals surface area contributed by atoms with E-state index in [2.05, 4.69) is 0 Å². The van der Waals surface area contributed by atoms with Gasteiger partial charge in [0.05, 0.1) is 0 Å². The van der Waals surface area contributed by atoms with E-state index in [4.69, 9.17) is 4.74 Å². The molecule has 2 aliphatic rings. The summed E-state index contributed by atoms with van der Waals surface area (Å²) in [5.41, 5.74) is 1.72. The molecule has 0 heterocycles. The maximum absolute atomic E-state index is 11.5. The molecule has 2 rings (SSSR count). The van der Waals surface area contributed by atoms with Crippen molar-refractivity contribution < 1.29 is 14.3 Å². The van der Waals surface area contributed by atoms with E-state index in [0.717, 1.165) is 17.4 Å². The van der Waals surface area contributed by atoms with Crippen LogP contribution in [0.1, 0.15) is 6.42 Å². The molecule has 0 aliphatic heterocycles. The molecule has 0 aromatic heterocycles. The molecule has 2 unspecified atom stereocenters. The lowest BCUT2D eigenvalue weighted by molar-refractivity contribution is -0.122. The predicted molar refractivity (Wildman–Crippen MR) is 55.3 cm³/mol. The average molecular weight is 204 g/mol. The molecular formula is C12H12O3. The summed E-state index contributed by atoms with van der Waals surface area (Å²) in [7, 11) is 1.53. The molecule has 2 atom stereocenters. The van der Waals surface area contributed by atoms with Gasteiger partial charge < -0.3 is 4.74 Å². The van der Waals surface area contributed by atoms with E-state index in [1.807, 2.05) is 12.2 Å². The van der Waals surface area contributed by atoms with Crippen LogP contribution < -0.4 is 0 Å². The number of fused-ring (bicyclic) bond motifs is 1. The number of methoxy groups -OCH3 is 1. The quantitative estimate of drug-likeness (QED) is 0.635. The highest BCUT2D eigenvalue weighted by Crippen LogP contribution is 2.32. The van der Waals surface area contributed by atoms with Gasteiger partial charge in [-0.05, 0) is 23.6 Å². The average Bonchev–Trinajstić information content (AvgIpc) is 2.28. The molecule has 3 heteroatoms. The summed E-state index contributed by atoms with van der Waals surface area (Å²) in [6, 6.07) is 0. The summed E-state index contributed by atoms with van der Waals surface area (Å²) in [6.45, 7) is 0. The van der Waals surface area contributed by atoms with Gasteiger partial charge in [0.2, 0.25) is 0 Å². The van der Waals surface area contributed by atoms with Crippen LogP contribution in [0.2, 0.25) is 0 Å². The number of ether oxygens (including phenoxy) is 1. The van der Waals surface area contributed by atoms with Crippen molar-refractivity contribution in [2.24, 2.45) is 5.92 Å². The zero-order valence-electron chi connectivity index (χ0n) is 8.47. The van der Waals surface area contributed by atoms with Crippen LogP contribution in [0.5, 0.6) is 0 Å². The predicted octanol–water partition coefficient (Wildman–Crippen LogP) is 1.21. The van der Waals surface area contributed by atoms with Gasteiger partial charge in [0.25, 0.3) is 0 Å². The Hall–Kier alpha value is -1.48. The Morgan fingerprint density at radius 2 is 2.27 bits per heavy atom. The second-order valence-electron chi connectivity index (χ2n) is 3.71. The van der Waals surface area contributed by atoms with Crippen LogP contribution in [0, 0.1) is 5.92 Å². The molecular weight excluding hydrogens is 192 g/mol. The third-order valence-corrected chi connectivity index (χ3v) is 2.81. The molecule has 0 saturated heterocycles. The third kappa shape index (κ3) is 1.70. The van der Waals surface area contributed by atoms with Crippen molar-refractivity contribution in [1.82, 2.24) is 0 Å². The number of carbonyl (C=O) groups is 2. The van der Waals surface area contributed by atoms with Crippen molar-refractivity contribution in [3.8, 4) is 0 Å². The molecule has 0 radical (unpaired) electrons. The SMILES string of the molecule is COC1C(=O)C=CC2CC(C=O)=CC=C21. The fraction of sp³-hybridized carbons (Fsp3) is 0.333. The summed E-state index contributed by atoms with van der Waals surface area (Å²) >= 11 is 0. The molecule has 0 spiro atoms. The van der Waals surface area contributed by atoms with Crippen molar-refractivity contribution >= 4 is 12.1 Å². The number of rotatable bonds is 2. The number of hydrogen-bond donors (Lipinski definition) is 0. The van der Waals surface area contributed by atoms with E-state index in [1.165, 1.54) is 7.11 Å². The van der Waals surface area contributed by atoms with E-state index >= 15 is 0 Å².